The van der Waals surface area contributed by atoms with Crippen molar-refractivity contribution in [1.82, 2.24) is 0 Å². The van der Waals surface area contributed by atoms with Crippen LogP contribution in [-0.2, 0) is 0 Å². The summed E-state index contributed by atoms with van der Waals surface area (Å²) < 4.78 is 0. The highest BCUT2D eigenvalue weighted by atomic mass is 14.4. The highest BCUT2D eigenvalue weighted by Gasteiger charge is 2.30. The van der Waals surface area contributed by atoms with E-state index in [1.807, 2.05) is 55.4 Å². The molecule has 0 amide bonds. The standard InChI is InChI=1S/C8H14.C7H12.4C2H6/c1-2-7-4-5-8(3-1)6-7;1-2-7-4-3-6(1)5-7;4*1-2/h7-8H,1-6H2;6-7H,1-5H2;4*1-2H3. The first-order valence-corrected chi connectivity index (χ1v) is 11.4. The molecule has 0 aromatic rings. The summed E-state index contributed by atoms with van der Waals surface area (Å²) in [7, 11) is 0. The molecule has 142 valence electrons. The van der Waals surface area contributed by atoms with Gasteiger partial charge in [-0.25, -0.2) is 0 Å². The Morgan fingerprint density at radius 2 is 0.565 bits per heavy atom. The van der Waals surface area contributed by atoms with E-state index in [2.05, 4.69) is 0 Å². The molecule has 4 fully saturated rings. The predicted octanol–water partition coefficient (Wildman–Crippen LogP) is 8.89. The molecule has 0 heteroatoms. The van der Waals surface area contributed by atoms with Gasteiger partial charge in [-0.05, 0) is 36.5 Å². The van der Waals surface area contributed by atoms with Crippen LogP contribution in [0.3, 0.4) is 0 Å². The van der Waals surface area contributed by atoms with Crippen molar-refractivity contribution in [3.05, 3.63) is 0 Å². The van der Waals surface area contributed by atoms with Gasteiger partial charge >= 0.3 is 0 Å². The fourth-order valence-electron chi connectivity index (χ4n) is 4.57. The Morgan fingerprint density at radius 1 is 0.348 bits per heavy atom. The number of hydrogen-bond acceptors (Lipinski definition) is 0. The SMILES string of the molecule is C1CC2CCC(C1)C2.C1CC2CCC1C2.CC.CC.CC.CC. The van der Waals surface area contributed by atoms with Crippen molar-refractivity contribution in [2.45, 2.75) is 126 Å². The van der Waals surface area contributed by atoms with Crippen LogP contribution < -0.4 is 0 Å². The Bertz CT molecular complexity index is 176. The topological polar surface area (TPSA) is 0 Å². The van der Waals surface area contributed by atoms with Crippen LogP contribution in [0.15, 0.2) is 0 Å². The largest absolute Gasteiger partial charge is 0.0683 e. The number of hydrogen-bond donors (Lipinski definition) is 0. The molecule has 0 N–H and O–H groups in total. The van der Waals surface area contributed by atoms with Crippen LogP contribution in [0.2, 0.25) is 0 Å². The second kappa shape index (κ2) is 18.3. The van der Waals surface area contributed by atoms with Crippen LogP contribution in [0, 0.1) is 23.7 Å². The van der Waals surface area contributed by atoms with Gasteiger partial charge in [0.25, 0.3) is 0 Å². The quantitative estimate of drug-likeness (QED) is 0.417. The van der Waals surface area contributed by atoms with Gasteiger partial charge in [-0.3, -0.25) is 0 Å². The molecule has 0 spiro atoms. The summed E-state index contributed by atoms with van der Waals surface area (Å²) in [6, 6.07) is 0. The fraction of sp³-hybridized carbons (Fsp3) is 1.00. The lowest BCUT2D eigenvalue weighted by Crippen LogP contribution is -2.03. The molecule has 2 atom stereocenters. The summed E-state index contributed by atoms with van der Waals surface area (Å²) in [5, 5.41) is 0. The second-order valence-corrected chi connectivity index (χ2v) is 6.60. The summed E-state index contributed by atoms with van der Waals surface area (Å²) in [6.07, 6.45) is 17.2. The summed E-state index contributed by atoms with van der Waals surface area (Å²) in [5.74, 6) is 4.66. The molecular formula is C23H50. The Hall–Kier alpha value is 0. The zero-order chi connectivity index (χ0) is 18.1. The van der Waals surface area contributed by atoms with Crippen LogP contribution in [0.25, 0.3) is 0 Å². The molecule has 2 unspecified atom stereocenters. The van der Waals surface area contributed by atoms with Gasteiger partial charge in [0.2, 0.25) is 0 Å². The zero-order valence-electron chi connectivity index (χ0n) is 18.1. The molecule has 0 heterocycles. The normalized spacial score (nSPS) is 31.3. The lowest BCUT2D eigenvalue weighted by atomic mass is 9.89. The zero-order valence-corrected chi connectivity index (χ0v) is 18.1. The van der Waals surface area contributed by atoms with Crippen molar-refractivity contribution in [2.75, 3.05) is 0 Å². The van der Waals surface area contributed by atoms with E-state index in [1.54, 1.807) is 64.2 Å². The highest BCUT2D eigenvalue weighted by Crippen LogP contribution is 2.44. The van der Waals surface area contributed by atoms with E-state index in [0.717, 1.165) is 11.8 Å². The van der Waals surface area contributed by atoms with Gasteiger partial charge < -0.3 is 0 Å². The summed E-state index contributed by atoms with van der Waals surface area (Å²) >= 11 is 0. The molecule has 4 rings (SSSR count). The van der Waals surface area contributed by atoms with Gasteiger partial charge in [0.15, 0.2) is 0 Å². The van der Waals surface area contributed by atoms with Gasteiger partial charge in [-0.15, -0.1) is 0 Å². The smallest absolute Gasteiger partial charge is 0.0411 e. The predicted molar refractivity (Wildman–Crippen MR) is 110 cm³/mol. The van der Waals surface area contributed by atoms with Crippen molar-refractivity contribution in [3.8, 4) is 0 Å². The van der Waals surface area contributed by atoms with Gasteiger partial charge in [0.1, 0.15) is 0 Å². The lowest BCUT2D eigenvalue weighted by molar-refractivity contribution is 0.359. The monoisotopic (exact) mass is 326 g/mol. The first-order valence-electron chi connectivity index (χ1n) is 11.4. The fourth-order valence-corrected chi connectivity index (χ4v) is 4.57. The molecule has 0 saturated heterocycles. The molecule has 0 radical (unpaired) electrons. The molecule has 0 nitrogen and oxygen atoms in total. The highest BCUT2D eigenvalue weighted by molar-refractivity contribution is 4.82. The van der Waals surface area contributed by atoms with E-state index in [9.17, 15) is 0 Å². The van der Waals surface area contributed by atoms with Gasteiger partial charge in [0.05, 0.1) is 0 Å². The lowest BCUT2D eigenvalue weighted by Gasteiger charge is -2.16. The Balaban J connectivity index is 0. The second-order valence-electron chi connectivity index (χ2n) is 6.60. The summed E-state index contributed by atoms with van der Waals surface area (Å²) in [5.41, 5.74) is 0. The maximum Gasteiger partial charge on any atom is -0.0411 e. The van der Waals surface area contributed by atoms with Crippen molar-refractivity contribution in [1.29, 1.82) is 0 Å². The van der Waals surface area contributed by atoms with Crippen LogP contribution in [0.4, 0.5) is 0 Å². The molecule has 0 aromatic carbocycles. The number of fused-ring (bicyclic) bond motifs is 4. The van der Waals surface area contributed by atoms with Gasteiger partial charge in [-0.1, -0.05) is 113 Å². The van der Waals surface area contributed by atoms with E-state index < -0.39 is 0 Å². The average Bonchev–Trinajstić information content (AvgIpc) is 3.40. The molecule has 4 saturated carbocycles. The number of rotatable bonds is 0. The Kier molecular flexibility index (Phi) is 20.1. The molecule has 4 aliphatic rings. The summed E-state index contributed by atoms with van der Waals surface area (Å²) in [4.78, 5) is 0. The third-order valence-electron chi connectivity index (χ3n) is 5.51. The van der Waals surface area contributed by atoms with Crippen LogP contribution in [0.1, 0.15) is 126 Å². The van der Waals surface area contributed by atoms with E-state index in [4.69, 9.17) is 0 Å². The molecular weight excluding hydrogens is 276 g/mol. The van der Waals surface area contributed by atoms with Crippen LogP contribution in [-0.4, -0.2) is 0 Å². The molecule has 4 bridgehead atoms. The Labute approximate surface area is 150 Å². The molecule has 0 aliphatic heterocycles. The maximum absolute atomic E-state index is 2.00. The first-order chi connectivity index (χ1) is 11.4. The average molecular weight is 327 g/mol. The summed E-state index contributed by atoms with van der Waals surface area (Å²) in [6.45, 7) is 16.0. The van der Waals surface area contributed by atoms with Crippen molar-refractivity contribution in [2.24, 2.45) is 23.7 Å². The van der Waals surface area contributed by atoms with E-state index in [1.165, 1.54) is 18.3 Å². The van der Waals surface area contributed by atoms with E-state index in [0.29, 0.717) is 0 Å². The third-order valence-corrected chi connectivity index (χ3v) is 5.51. The van der Waals surface area contributed by atoms with Gasteiger partial charge in [0, 0.05) is 0 Å². The van der Waals surface area contributed by atoms with Crippen LogP contribution in [0.5, 0.6) is 0 Å². The van der Waals surface area contributed by atoms with Crippen molar-refractivity contribution >= 4 is 0 Å². The molecule has 23 heavy (non-hydrogen) atoms. The van der Waals surface area contributed by atoms with Gasteiger partial charge in [-0.2, -0.15) is 0 Å². The van der Waals surface area contributed by atoms with Crippen LogP contribution >= 0.6 is 0 Å². The minimum atomic E-state index is 1.16. The Morgan fingerprint density at radius 3 is 0.739 bits per heavy atom. The van der Waals surface area contributed by atoms with Crippen molar-refractivity contribution in [3.63, 3.8) is 0 Å². The minimum absolute atomic E-state index is 1.16. The van der Waals surface area contributed by atoms with E-state index in [-0.39, 0.29) is 0 Å². The molecule has 0 aromatic heterocycles. The third kappa shape index (κ3) is 10.5. The van der Waals surface area contributed by atoms with E-state index >= 15 is 0 Å². The first kappa shape index (κ1) is 25.2. The molecule has 4 aliphatic carbocycles. The maximum atomic E-state index is 2.00. The van der Waals surface area contributed by atoms with Crippen molar-refractivity contribution < 1.29 is 0 Å². The minimum Gasteiger partial charge on any atom is -0.0683 e.